The molecule has 0 atom stereocenters. The average molecular weight is 385 g/mol. The monoisotopic (exact) mass is 385 g/mol. The van der Waals surface area contributed by atoms with Gasteiger partial charge in [0, 0.05) is 19.6 Å². The van der Waals surface area contributed by atoms with Crippen molar-refractivity contribution in [2.45, 2.75) is 0 Å². The van der Waals surface area contributed by atoms with Crippen molar-refractivity contribution >= 4 is 11.9 Å². The van der Waals surface area contributed by atoms with Crippen molar-refractivity contribution in [1.82, 2.24) is 4.90 Å². The highest BCUT2D eigenvalue weighted by Crippen LogP contribution is 2.27. The number of carbonyl (C=O) groups is 1. The summed E-state index contributed by atoms with van der Waals surface area (Å²) in [5.41, 5.74) is 0.671. The largest absolute Gasteiger partial charge is 0.507 e. The van der Waals surface area contributed by atoms with Crippen LogP contribution in [-0.4, -0.2) is 65.5 Å². The first-order valence-corrected chi connectivity index (χ1v) is 9.03. The lowest BCUT2D eigenvalue weighted by atomic mass is 10.1. The van der Waals surface area contributed by atoms with Gasteiger partial charge in [-0.3, -0.25) is 9.69 Å². The molecule has 0 saturated carbocycles. The van der Waals surface area contributed by atoms with Crippen LogP contribution in [0.4, 0.5) is 0 Å². The molecule has 7 nitrogen and oxygen atoms in total. The third-order valence-electron chi connectivity index (χ3n) is 4.44. The summed E-state index contributed by atoms with van der Waals surface area (Å²) in [5, 5.41) is 28.8. The number of nitrogens with zero attached hydrogens (tertiary/aromatic N) is 1. The van der Waals surface area contributed by atoms with E-state index in [4.69, 9.17) is 9.47 Å². The molecule has 3 rings (SSSR count). The van der Waals surface area contributed by atoms with Crippen molar-refractivity contribution in [3.8, 4) is 23.0 Å². The minimum atomic E-state index is -0.399. The molecular weight excluding hydrogens is 362 g/mol. The van der Waals surface area contributed by atoms with Crippen LogP contribution in [0.15, 0.2) is 42.5 Å². The first kappa shape index (κ1) is 19.7. The van der Waals surface area contributed by atoms with Gasteiger partial charge in [-0.25, -0.2) is 0 Å². The highest BCUT2D eigenvalue weighted by molar-refractivity contribution is 6.08. The van der Waals surface area contributed by atoms with E-state index in [0.717, 1.165) is 32.8 Å². The Morgan fingerprint density at radius 2 is 1.79 bits per heavy atom. The molecule has 3 N–H and O–H groups in total. The molecule has 1 aliphatic rings. The number of ketones is 1. The highest BCUT2D eigenvalue weighted by atomic mass is 16.5. The first-order valence-electron chi connectivity index (χ1n) is 9.03. The van der Waals surface area contributed by atoms with E-state index in [1.165, 1.54) is 36.4 Å². The zero-order chi connectivity index (χ0) is 19.9. The number of phenolic OH excluding ortho intramolecular Hbond substituents is 3. The van der Waals surface area contributed by atoms with E-state index in [1.807, 2.05) is 0 Å². The molecular formula is C21H23NO6. The Hall–Kier alpha value is -3.03. The second-order valence-electron chi connectivity index (χ2n) is 6.43. The van der Waals surface area contributed by atoms with Gasteiger partial charge in [-0.2, -0.15) is 0 Å². The number of benzene rings is 2. The number of morpholine rings is 1. The van der Waals surface area contributed by atoms with Gasteiger partial charge in [0.2, 0.25) is 0 Å². The van der Waals surface area contributed by atoms with Crippen LogP contribution in [-0.2, 0) is 4.74 Å². The van der Waals surface area contributed by atoms with Gasteiger partial charge in [-0.05, 0) is 42.0 Å². The number of rotatable bonds is 7. The van der Waals surface area contributed by atoms with Gasteiger partial charge < -0.3 is 24.8 Å². The number of aromatic hydroxyl groups is 3. The number of ether oxygens (including phenoxy) is 2. The summed E-state index contributed by atoms with van der Waals surface area (Å²) in [4.78, 5) is 14.7. The minimum Gasteiger partial charge on any atom is -0.507 e. The molecule has 2 aromatic rings. The molecule has 28 heavy (non-hydrogen) atoms. The Kier molecular flexibility index (Phi) is 6.52. The summed E-state index contributed by atoms with van der Waals surface area (Å²) in [6.45, 7) is 4.44. The van der Waals surface area contributed by atoms with Gasteiger partial charge in [0.1, 0.15) is 18.1 Å². The molecule has 1 heterocycles. The van der Waals surface area contributed by atoms with Crippen LogP contribution in [0.5, 0.6) is 23.0 Å². The first-order chi connectivity index (χ1) is 13.5. The lowest BCUT2D eigenvalue weighted by molar-refractivity contribution is 0.0322. The van der Waals surface area contributed by atoms with E-state index in [1.54, 1.807) is 12.1 Å². The van der Waals surface area contributed by atoms with Crippen LogP contribution in [0.1, 0.15) is 15.9 Å². The lowest BCUT2D eigenvalue weighted by Crippen LogP contribution is -2.38. The van der Waals surface area contributed by atoms with Crippen LogP contribution >= 0.6 is 0 Å². The number of phenols is 3. The van der Waals surface area contributed by atoms with Crippen molar-refractivity contribution in [3.05, 3.63) is 53.6 Å². The van der Waals surface area contributed by atoms with E-state index in [-0.39, 0.29) is 22.8 Å². The fourth-order valence-corrected chi connectivity index (χ4v) is 2.83. The van der Waals surface area contributed by atoms with E-state index in [2.05, 4.69) is 4.90 Å². The van der Waals surface area contributed by atoms with Crippen LogP contribution in [0.2, 0.25) is 0 Å². The van der Waals surface area contributed by atoms with Crippen LogP contribution in [0.25, 0.3) is 6.08 Å². The average Bonchev–Trinajstić information content (AvgIpc) is 2.70. The fourth-order valence-electron chi connectivity index (χ4n) is 2.83. The van der Waals surface area contributed by atoms with Crippen LogP contribution in [0, 0.1) is 0 Å². The maximum Gasteiger partial charge on any atom is 0.189 e. The van der Waals surface area contributed by atoms with Gasteiger partial charge in [0.15, 0.2) is 17.3 Å². The molecule has 0 bridgehead atoms. The normalized spacial score (nSPS) is 15.0. The predicted molar refractivity (Wildman–Crippen MR) is 104 cm³/mol. The standard InChI is InChI=1S/C21H23NO6/c23-18(4-1-15-2-5-20(25)21(26)13-15)17-14-16(3-6-19(17)24)28-12-9-22-7-10-27-11-8-22/h1-6,13-14,24-26H,7-12H2/b4-1+. The van der Waals surface area contributed by atoms with Gasteiger partial charge in [-0.1, -0.05) is 12.1 Å². The molecule has 0 amide bonds. The molecule has 1 saturated heterocycles. The molecule has 7 heteroatoms. The molecule has 2 aromatic carbocycles. The van der Waals surface area contributed by atoms with Gasteiger partial charge >= 0.3 is 0 Å². The molecule has 148 valence electrons. The number of hydrogen-bond donors (Lipinski definition) is 3. The maximum absolute atomic E-state index is 12.4. The van der Waals surface area contributed by atoms with Gasteiger partial charge in [0.25, 0.3) is 0 Å². The summed E-state index contributed by atoms with van der Waals surface area (Å²) >= 11 is 0. The number of allylic oxidation sites excluding steroid dienone is 1. The molecule has 0 radical (unpaired) electrons. The SMILES string of the molecule is O=C(/C=C/c1ccc(O)c(O)c1)c1cc(OCCN2CCOCC2)ccc1O. The van der Waals surface area contributed by atoms with Crippen LogP contribution < -0.4 is 4.74 Å². The third-order valence-corrected chi connectivity index (χ3v) is 4.44. The Labute approximate surface area is 163 Å². The van der Waals surface area contributed by atoms with Gasteiger partial charge in [-0.15, -0.1) is 0 Å². The third kappa shape index (κ3) is 5.25. The van der Waals surface area contributed by atoms with Crippen molar-refractivity contribution < 1.29 is 29.6 Å². The molecule has 0 aliphatic carbocycles. The molecule has 1 fully saturated rings. The Bertz CT molecular complexity index is 858. The second-order valence-corrected chi connectivity index (χ2v) is 6.43. The van der Waals surface area contributed by atoms with Crippen molar-refractivity contribution in [2.24, 2.45) is 0 Å². The van der Waals surface area contributed by atoms with Crippen molar-refractivity contribution in [1.29, 1.82) is 0 Å². The van der Waals surface area contributed by atoms with E-state index >= 15 is 0 Å². The summed E-state index contributed by atoms with van der Waals surface area (Å²) in [7, 11) is 0. The maximum atomic E-state index is 12.4. The highest BCUT2D eigenvalue weighted by Gasteiger charge is 2.12. The quantitative estimate of drug-likeness (QED) is 0.382. The summed E-state index contributed by atoms with van der Waals surface area (Å²) in [5.74, 6) is -0.534. The van der Waals surface area contributed by atoms with Crippen LogP contribution in [0.3, 0.4) is 0 Å². The molecule has 0 unspecified atom stereocenters. The minimum absolute atomic E-state index is 0.128. The van der Waals surface area contributed by atoms with E-state index in [0.29, 0.717) is 17.9 Å². The zero-order valence-electron chi connectivity index (χ0n) is 15.4. The second kappa shape index (κ2) is 9.25. The fraction of sp³-hybridized carbons (Fsp3) is 0.286. The van der Waals surface area contributed by atoms with E-state index < -0.39 is 5.78 Å². The molecule has 0 aromatic heterocycles. The molecule has 1 aliphatic heterocycles. The summed E-state index contributed by atoms with van der Waals surface area (Å²) < 4.78 is 11.0. The Balaban J connectivity index is 1.62. The lowest BCUT2D eigenvalue weighted by Gasteiger charge is -2.26. The number of hydrogen-bond acceptors (Lipinski definition) is 7. The van der Waals surface area contributed by atoms with Gasteiger partial charge in [0.05, 0.1) is 18.8 Å². The summed E-state index contributed by atoms with van der Waals surface area (Å²) in [6.07, 6.45) is 2.78. The predicted octanol–water partition coefficient (Wildman–Crippen LogP) is 2.41. The summed E-state index contributed by atoms with van der Waals surface area (Å²) in [6, 6.07) is 8.79. The smallest absolute Gasteiger partial charge is 0.189 e. The van der Waals surface area contributed by atoms with Crippen molar-refractivity contribution in [2.75, 3.05) is 39.5 Å². The number of carbonyl (C=O) groups excluding carboxylic acids is 1. The Morgan fingerprint density at radius 3 is 2.54 bits per heavy atom. The van der Waals surface area contributed by atoms with Crippen molar-refractivity contribution in [3.63, 3.8) is 0 Å². The zero-order valence-corrected chi connectivity index (χ0v) is 15.4. The Morgan fingerprint density at radius 1 is 1.04 bits per heavy atom. The van der Waals surface area contributed by atoms with E-state index in [9.17, 15) is 20.1 Å². The molecule has 0 spiro atoms. The topological polar surface area (TPSA) is 99.5 Å².